The van der Waals surface area contributed by atoms with Gasteiger partial charge in [-0.25, -0.2) is 9.97 Å². The average Bonchev–Trinajstić information content (AvgIpc) is 3.52. The number of aryl methyl sites for hydroxylation is 2. The second-order valence-corrected chi connectivity index (χ2v) is 10.5. The van der Waals surface area contributed by atoms with Crippen LogP contribution in [0.2, 0.25) is 0 Å². The molecule has 0 N–H and O–H groups in total. The number of thiophene rings is 1. The van der Waals surface area contributed by atoms with Crippen LogP contribution in [-0.4, -0.2) is 39.1 Å². The maximum atomic E-state index is 13.0. The zero-order chi connectivity index (χ0) is 19.1. The first-order chi connectivity index (χ1) is 13.7. The number of fused-ring (bicyclic) bond motifs is 3. The molecule has 5 rings (SSSR count). The molecule has 1 saturated heterocycles. The fraction of sp³-hybridized carbons (Fsp3) is 0.682. The van der Waals surface area contributed by atoms with Gasteiger partial charge in [-0.15, -0.1) is 11.3 Å². The van der Waals surface area contributed by atoms with Gasteiger partial charge in [0.2, 0.25) is 5.91 Å². The standard InChI is InChI=1S/C22H29N3OS2/c1-2-15-7-5-6-12-25(15)18(26)13-27-21-19-16-8-3-4-9-17(16)28-22(19)24-20(23-21)14-10-11-14/h14-15H,2-13H2,1H3/t15-/m0/s1. The third kappa shape index (κ3) is 3.58. The first-order valence-electron chi connectivity index (χ1n) is 11.0. The topological polar surface area (TPSA) is 46.1 Å². The minimum Gasteiger partial charge on any atom is -0.339 e. The van der Waals surface area contributed by atoms with E-state index in [-0.39, 0.29) is 0 Å². The molecule has 0 aromatic carbocycles. The zero-order valence-corrected chi connectivity index (χ0v) is 18.3. The molecule has 4 nitrogen and oxygen atoms in total. The molecule has 2 aromatic rings. The van der Waals surface area contributed by atoms with Crippen LogP contribution in [0.4, 0.5) is 0 Å². The van der Waals surface area contributed by atoms with Crippen molar-refractivity contribution in [3.8, 4) is 0 Å². The van der Waals surface area contributed by atoms with Gasteiger partial charge in [0.25, 0.3) is 0 Å². The van der Waals surface area contributed by atoms with Gasteiger partial charge in [-0.05, 0) is 69.8 Å². The lowest BCUT2D eigenvalue weighted by molar-refractivity contribution is -0.132. The summed E-state index contributed by atoms with van der Waals surface area (Å²) in [6.45, 7) is 3.13. The first kappa shape index (κ1) is 18.9. The van der Waals surface area contributed by atoms with Crippen molar-refractivity contribution in [1.82, 2.24) is 14.9 Å². The Hall–Kier alpha value is -1.14. The summed E-state index contributed by atoms with van der Waals surface area (Å²) < 4.78 is 0. The van der Waals surface area contributed by atoms with E-state index in [9.17, 15) is 4.79 Å². The van der Waals surface area contributed by atoms with E-state index < -0.39 is 0 Å². The Balaban J connectivity index is 1.42. The van der Waals surface area contributed by atoms with Crippen LogP contribution in [-0.2, 0) is 17.6 Å². The zero-order valence-electron chi connectivity index (χ0n) is 16.7. The van der Waals surface area contributed by atoms with E-state index in [4.69, 9.17) is 9.97 Å². The van der Waals surface area contributed by atoms with Crippen molar-refractivity contribution in [2.45, 2.75) is 88.1 Å². The summed E-state index contributed by atoms with van der Waals surface area (Å²) >= 11 is 3.55. The van der Waals surface area contributed by atoms with Crippen molar-refractivity contribution in [1.29, 1.82) is 0 Å². The maximum absolute atomic E-state index is 13.0. The number of thioether (sulfide) groups is 1. The number of likely N-dealkylation sites (tertiary alicyclic amines) is 1. The van der Waals surface area contributed by atoms with Crippen LogP contribution < -0.4 is 0 Å². The fourth-order valence-electron chi connectivity index (χ4n) is 4.73. The minimum atomic E-state index is 0.292. The summed E-state index contributed by atoms with van der Waals surface area (Å²) in [6.07, 6.45) is 11.9. The molecule has 0 bridgehead atoms. The number of carbonyl (C=O) groups excluding carboxylic acids is 1. The van der Waals surface area contributed by atoms with Crippen LogP contribution in [0.1, 0.15) is 80.5 Å². The van der Waals surface area contributed by atoms with Crippen LogP contribution in [0.25, 0.3) is 10.2 Å². The van der Waals surface area contributed by atoms with E-state index >= 15 is 0 Å². The molecule has 2 fully saturated rings. The molecule has 1 saturated carbocycles. The van der Waals surface area contributed by atoms with Crippen LogP contribution in [0.5, 0.6) is 0 Å². The van der Waals surface area contributed by atoms with Gasteiger partial charge in [-0.1, -0.05) is 18.7 Å². The minimum absolute atomic E-state index is 0.292. The lowest BCUT2D eigenvalue weighted by Gasteiger charge is -2.35. The second-order valence-electron chi connectivity index (χ2n) is 8.49. The molecule has 0 unspecified atom stereocenters. The summed E-state index contributed by atoms with van der Waals surface area (Å²) in [5.41, 5.74) is 1.48. The Morgan fingerprint density at radius 1 is 1.14 bits per heavy atom. The van der Waals surface area contributed by atoms with Gasteiger partial charge in [0.1, 0.15) is 15.7 Å². The number of hydrogen-bond acceptors (Lipinski definition) is 5. The molecule has 2 aliphatic carbocycles. The molecule has 1 amide bonds. The predicted molar refractivity (Wildman–Crippen MR) is 116 cm³/mol. The van der Waals surface area contributed by atoms with E-state index in [1.165, 1.54) is 59.2 Å². The molecular formula is C22H29N3OS2. The monoisotopic (exact) mass is 415 g/mol. The van der Waals surface area contributed by atoms with Gasteiger partial charge in [0.05, 0.1) is 5.75 Å². The highest BCUT2D eigenvalue weighted by Gasteiger charge is 2.30. The molecule has 6 heteroatoms. The highest BCUT2D eigenvalue weighted by atomic mass is 32.2. The number of aromatic nitrogens is 2. The van der Waals surface area contributed by atoms with E-state index in [1.54, 1.807) is 11.8 Å². The Kier molecular flexibility index (Phi) is 5.35. The van der Waals surface area contributed by atoms with Gasteiger partial charge >= 0.3 is 0 Å². The molecule has 0 radical (unpaired) electrons. The highest BCUT2D eigenvalue weighted by Crippen LogP contribution is 2.44. The maximum Gasteiger partial charge on any atom is 0.233 e. The highest BCUT2D eigenvalue weighted by molar-refractivity contribution is 8.00. The summed E-state index contributed by atoms with van der Waals surface area (Å²) in [6, 6.07) is 0.434. The van der Waals surface area contributed by atoms with Crippen molar-refractivity contribution in [2.75, 3.05) is 12.3 Å². The molecule has 3 heterocycles. The molecular weight excluding hydrogens is 386 g/mol. The van der Waals surface area contributed by atoms with Gasteiger partial charge in [-0.3, -0.25) is 4.79 Å². The molecule has 3 aliphatic rings. The molecule has 150 valence electrons. The summed E-state index contributed by atoms with van der Waals surface area (Å²) in [5.74, 6) is 2.37. The number of piperidine rings is 1. The van der Waals surface area contributed by atoms with Crippen molar-refractivity contribution in [3.63, 3.8) is 0 Å². The molecule has 1 aliphatic heterocycles. The Labute approximate surface area is 175 Å². The Morgan fingerprint density at radius 3 is 2.82 bits per heavy atom. The average molecular weight is 416 g/mol. The SMILES string of the molecule is CC[C@H]1CCCCN1C(=O)CSc1nc(C2CC2)nc2sc3c(c12)CCCC3. The van der Waals surface area contributed by atoms with Crippen molar-refractivity contribution in [3.05, 3.63) is 16.3 Å². The van der Waals surface area contributed by atoms with E-state index in [1.807, 2.05) is 11.3 Å². The quantitative estimate of drug-likeness (QED) is 0.489. The number of rotatable bonds is 5. The largest absolute Gasteiger partial charge is 0.339 e. The van der Waals surface area contributed by atoms with Gasteiger partial charge in [0.15, 0.2) is 0 Å². The van der Waals surface area contributed by atoms with Gasteiger partial charge < -0.3 is 4.90 Å². The normalized spacial score (nSPS) is 22.5. The number of hydrogen-bond donors (Lipinski definition) is 0. The first-order valence-corrected chi connectivity index (χ1v) is 12.8. The number of amides is 1. The van der Waals surface area contributed by atoms with Crippen molar-refractivity contribution >= 4 is 39.2 Å². The second kappa shape index (κ2) is 7.94. The summed E-state index contributed by atoms with van der Waals surface area (Å²) in [5, 5.41) is 2.34. The third-order valence-corrected chi connectivity index (χ3v) is 8.64. The number of nitrogens with zero attached hydrogens (tertiary/aromatic N) is 3. The van der Waals surface area contributed by atoms with Crippen LogP contribution >= 0.6 is 23.1 Å². The van der Waals surface area contributed by atoms with Crippen molar-refractivity contribution < 1.29 is 4.79 Å². The molecule has 28 heavy (non-hydrogen) atoms. The lowest BCUT2D eigenvalue weighted by Crippen LogP contribution is -2.44. The summed E-state index contributed by atoms with van der Waals surface area (Å²) in [7, 11) is 0. The van der Waals surface area contributed by atoms with Crippen LogP contribution in [0.15, 0.2) is 5.03 Å². The molecule has 2 aromatic heterocycles. The van der Waals surface area contributed by atoms with E-state index in [2.05, 4.69) is 11.8 Å². The summed E-state index contributed by atoms with van der Waals surface area (Å²) in [4.78, 5) is 27.8. The number of carbonyl (C=O) groups is 1. The Bertz CT molecular complexity index is 890. The smallest absolute Gasteiger partial charge is 0.233 e. The Morgan fingerprint density at radius 2 is 2.00 bits per heavy atom. The molecule has 1 atom stereocenters. The third-order valence-electron chi connectivity index (χ3n) is 6.49. The lowest BCUT2D eigenvalue weighted by atomic mass is 9.97. The van der Waals surface area contributed by atoms with Crippen LogP contribution in [0, 0.1) is 0 Å². The van der Waals surface area contributed by atoms with Gasteiger partial charge in [-0.2, -0.15) is 0 Å². The van der Waals surface area contributed by atoms with Gasteiger partial charge in [0, 0.05) is 28.8 Å². The van der Waals surface area contributed by atoms with E-state index in [0.717, 1.165) is 43.1 Å². The van der Waals surface area contributed by atoms with Crippen LogP contribution in [0.3, 0.4) is 0 Å². The predicted octanol–water partition coefficient (Wildman–Crippen LogP) is 5.33. The van der Waals surface area contributed by atoms with E-state index in [0.29, 0.717) is 23.6 Å². The van der Waals surface area contributed by atoms with Crippen molar-refractivity contribution in [2.24, 2.45) is 0 Å². The fourth-order valence-corrected chi connectivity index (χ4v) is 7.02. The molecule has 0 spiro atoms.